The zero-order chi connectivity index (χ0) is 41.1. The molecule has 11 atom stereocenters. The standard InChI is InChI=1S/C46H64N4O7/c1-25(2)34-31(51)24-46(50-40(56)45(15-9-16-45)49-37(52)36-47-21-10-22-48-36)20-19-43(7)28(35(34)46)11-12-33-42(6)17-14-32(26(3)27(42)13-18-44(33,43)8)57-39(55)30-23-29(38(53)54)41(30,4)5/h10,21-22,25-30,32-33H,9,11-20,23-24H2,1-8H3,(H,49,52)(H,50,56)(H,53,54)/t26-,27?,28-,29+,30-,32+,33?,42+,43-,44-,46-/m1/s1. The lowest BCUT2D eigenvalue weighted by Crippen LogP contribution is -2.69. The third kappa shape index (κ3) is 5.72. The lowest BCUT2D eigenvalue weighted by atomic mass is 9.34. The number of ether oxygens (including phenoxy) is 1. The second-order valence-corrected chi connectivity index (χ2v) is 21.1. The summed E-state index contributed by atoms with van der Waals surface area (Å²) in [5.41, 5.74) is -0.401. The molecule has 6 saturated carbocycles. The van der Waals surface area contributed by atoms with Crippen molar-refractivity contribution in [3.63, 3.8) is 0 Å². The molecular formula is C46H64N4O7. The minimum absolute atomic E-state index is 0.00193. The maximum atomic E-state index is 14.5. The van der Waals surface area contributed by atoms with E-state index in [1.165, 1.54) is 12.4 Å². The number of carboxylic acid groups (broad SMARTS) is 1. The number of aliphatic carboxylic acids is 1. The molecule has 310 valence electrons. The predicted octanol–water partition coefficient (Wildman–Crippen LogP) is 7.25. The average molecular weight is 785 g/mol. The summed E-state index contributed by atoms with van der Waals surface area (Å²) < 4.78 is 6.31. The SMILES string of the molecule is CC(C)C1=C2[C@H]3CCC4[C@@]5(C)CC[C@H](OC(=O)[C@H]6C[C@@H](C(=O)O)C6(C)C)[C@H](C)C5CC[C@@]4(C)[C@]3(C)CC[C@@]2(NC(=O)C2(NC(=O)c3ncccn3)CCC2)CC1=O. The van der Waals surface area contributed by atoms with Gasteiger partial charge >= 0.3 is 11.9 Å². The lowest BCUT2D eigenvalue weighted by Gasteiger charge is -2.71. The van der Waals surface area contributed by atoms with Crippen molar-refractivity contribution in [3.05, 3.63) is 35.4 Å². The normalized spacial score (nSPS) is 41.3. The fraction of sp³-hybridized carbons (Fsp3) is 0.761. The van der Waals surface area contributed by atoms with E-state index in [-0.39, 0.29) is 75.9 Å². The van der Waals surface area contributed by atoms with E-state index in [0.717, 1.165) is 62.5 Å². The number of carbonyl (C=O) groups is 5. The van der Waals surface area contributed by atoms with Crippen LogP contribution in [0.4, 0.5) is 0 Å². The van der Waals surface area contributed by atoms with Gasteiger partial charge in [0.05, 0.1) is 17.4 Å². The molecule has 3 N–H and O–H groups in total. The van der Waals surface area contributed by atoms with E-state index in [2.05, 4.69) is 62.1 Å². The molecule has 0 aliphatic heterocycles. The van der Waals surface area contributed by atoms with Crippen LogP contribution < -0.4 is 10.6 Å². The Morgan fingerprint density at radius 2 is 1.56 bits per heavy atom. The lowest BCUT2D eigenvalue weighted by molar-refractivity contribution is -0.217. The Balaban J connectivity index is 1.03. The Hall–Kier alpha value is -3.63. The largest absolute Gasteiger partial charge is 0.481 e. The second kappa shape index (κ2) is 13.4. The molecule has 0 saturated heterocycles. The van der Waals surface area contributed by atoms with Crippen LogP contribution in [0.15, 0.2) is 29.6 Å². The van der Waals surface area contributed by atoms with Crippen LogP contribution in [0.5, 0.6) is 0 Å². The molecule has 0 spiro atoms. The van der Waals surface area contributed by atoms with Gasteiger partial charge in [0.1, 0.15) is 11.6 Å². The van der Waals surface area contributed by atoms with Crippen molar-refractivity contribution in [3.8, 4) is 0 Å². The zero-order valence-electron chi connectivity index (χ0n) is 35.3. The van der Waals surface area contributed by atoms with Gasteiger partial charge in [-0.15, -0.1) is 0 Å². The monoisotopic (exact) mass is 784 g/mol. The van der Waals surface area contributed by atoms with Crippen LogP contribution in [0.2, 0.25) is 0 Å². The number of aromatic nitrogens is 2. The first-order valence-corrected chi connectivity index (χ1v) is 21.9. The van der Waals surface area contributed by atoms with Crippen LogP contribution in [0.1, 0.15) is 149 Å². The molecule has 11 heteroatoms. The van der Waals surface area contributed by atoms with Gasteiger partial charge in [0.25, 0.3) is 5.91 Å². The van der Waals surface area contributed by atoms with E-state index in [4.69, 9.17) is 4.74 Å². The Labute approximate surface area is 337 Å². The van der Waals surface area contributed by atoms with Crippen molar-refractivity contribution in [2.75, 3.05) is 0 Å². The Morgan fingerprint density at radius 1 is 0.860 bits per heavy atom. The summed E-state index contributed by atoms with van der Waals surface area (Å²) in [5.74, 6) is -1.24. The van der Waals surface area contributed by atoms with Crippen molar-refractivity contribution in [2.24, 2.45) is 63.1 Å². The van der Waals surface area contributed by atoms with Crippen LogP contribution >= 0.6 is 0 Å². The summed E-state index contributed by atoms with van der Waals surface area (Å²) >= 11 is 0. The van der Waals surface area contributed by atoms with Gasteiger partial charge in [-0.1, -0.05) is 55.4 Å². The molecule has 7 aliphatic carbocycles. The highest BCUT2D eigenvalue weighted by molar-refractivity contribution is 6.03. The number of carbonyl (C=O) groups excluding carboxylic acids is 4. The molecule has 1 aromatic rings. The van der Waals surface area contributed by atoms with Gasteiger partial charge in [0, 0.05) is 18.8 Å². The fourth-order valence-corrected chi connectivity index (χ4v) is 14.5. The van der Waals surface area contributed by atoms with Gasteiger partial charge in [0.15, 0.2) is 5.78 Å². The van der Waals surface area contributed by atoms with E-state index in [0.29, 0.717) is 37.5 Å². The number of nitrogens with one attached hydrogen (secondary N) is 2. The average Bonchev–Trinajstić information content (AvgIpc) is 3.42. The smallest absolute Gasteiger partial charge is 0.309 e. The predicted molar refractivity (Wildman–Crippen MR) is 212 cm³/mol. The molecule has 0 aromatic carbocycles. The Morgan fingerprint density at radius 3 is 2.18 bits per heavy atom. The molecule has 6 fully saturated rings. The summed E-state index contributed by atoms with van der Waals surface area (Å²) in [7, 11) is 0. The number of carboxylic acids is 1. The van der Waals surface area contributed by atoms with Crippen LogP contribution in [0.25, 0.3) is 0 Å². The number of esters is 1. The molecule has 2 unspecified atom stereocenters. The highest BCUT2D eigenvalue weighted by Gasteiger charge is 2.70. The van der Waals surface area contributed by atoms with E-state index in [1.807, 2.05) is 13.8 Å². The number of rotatable bonds is 8. The summed E-state index contributed by atoms with van der Waals surface area (Å²) in [4.78, 5) is 75.4. The van der Waals surface area contributed by atoms with Crippen LogP contribution in [-0.4, -0.2) is 61.8 Å². The maximum absolute atomic E-state index is 14.5. The van der Waals surface area contributed by atoms with Crippen molar-refractivity contribution >= 4 is 29.5 Å². The van der Waals surface area contributed by atoms with Gasteiger partial charge in [-0.2, -0.15) is 0 Å². The fourth-order valence-electron chi connectivity index (χ4n) is 14.5. The van der Waals surface area contributed by atoms with Gasteiger partial charge in [-0.3, -0.25) is 24.0 Å². The Bertz CT molecular complexity index is 1910. The maximum Gasteiger partial charge on any atom is 0.309 e. The number of allylic oxidation sites excluding steroid dienone is 1. The molecule has 2 amide bonds. The van der Waals surface area contributed by atoms with Crippen molar-refractivity contribution in [2.45, 2.75) is 156 Å². The summed E-state index contributed by atoms with van der Waals surface area (Å²) in [6.07, 6.45) is 12.8. The number of amides is 2. The van der Waals surface area contributed by atoms with Crippen LogP contribution in [0.3, 0.4) is 0 Å². The van der Waals surface area contributed by atoms with Gasteiger partial charge < -0.3 is 20.5 Å². The van der Waals surface area contributed by atoms with Crippen LogP contribution in [-0.2, 0) is 23.9 Å². The first kappa shape index (κ1) is 40.2. The molecule has 1 aromatic heterocycles. The number of fused-ring (bicyclic) bond motifs is 7. The molecule has 11 nitrogen and oxygen atoms in total. The summed E-state index contributed by atoms with van der Waals surface area (Å²) in [6, 6.07) is 1.65. The van der Waals surface area contributed by atoms with E-state index >= 15 is 0 Å². The van der Waals surface area contributed by atoms with E-state index in [9.17, 15) is 29.1 Å². The molecule has 7 aliphatic rings. The van der Waals surface area contributed by atoms with Crippen molar-refractivity contribution in [1.29, 1.82) is 0 Å². The zero-order valence-corrected chi connectivity index (χ0v) is 35.3. The van der Waals surface area contributed by atoms with Crippen molar-refractivity contribution in [1.82, 2.24) is 20.6 Å². The molecule has 0 radical (unpaired) electrons. The van der Waals surface area contributed by atoms with Crippen molar-refractivity contribution < 1.29 is 33.8 Å². The van der Waals surface area contributed by atoms with Gasteiger partial charge in [-0.25, -0.2) is 9.97 Å². The number of ketones is 1. The summed E-state index contributed by atoms with van der Waals surface area (Å²) in [5, 5.41) is 16.1. The summed E-state index contributed by atoms with van der Waals surface area (Å²) in [6.45, 7) is 17.8. The molecule has 57 heavy (non-hydrogen) atoms. The Kier molecular flexibility index (Phi) is 9.48. The highest BCUT2D eigenvalue weighted by atomic mass is 16.5. The molecule has 0 bridgehead atoms. The molecular weight excluding hydrogens is 721 g/mol. The van der Waals surface area contributed by atoms with Gasteiger partial charge in [0.2, 0.25) is 11.7 Å². The molecule has 1 heterocycles. The second-order valence-electron chi connectivity index (χ2n) is 21.1. The first-order chi connectivity index (χ1) is 26.7. The van der Waals surface area contributed by atoms with Gasteiger partial charge in [-0.05, 0) is 146 Å². The topological polar surface area (TPSA) is 165 Å². The number of hydrogen-bond acceptors (Lipinski definition) is 8. The number of nitrogens with zero attached hydrogens (tertiary/aromatic N) is 2. The van der Waals surface area contributed by atoms with E-state index < -0.39 is 34.3 Å². The van der Waals surface area contributed by atoms with E-state index in [1.54, 1.807) is 6.07 Å². The molecule has 8 rings (SSSR count). The van der Waals surface area contributed by atoms with Crippen LogP contribution in [0, 0.1) is 63.1 Å². The third-order valence-corrected chi connectivity index (χ3v) is 18.2. The minimum atomic E-state index is -1.06. The first-order valence-electron chi connectivity index (χ1n) is 21.9. The quantitative estimate of drug-likeness (QED) is 0.231. The number of hydrogen-bond donors (Lipinski definition) is 3. The minimum Gasteiger partial charge on any atom is -0.481 e. The number of Topliss-reactive ketones (excluding diaryl/α,β-unsaturated/α-hetero) is 1. The highest BCUT2D eigenvalue weighted by Crippen LogP contribution is 2.75. The third-order valence-electron chi connectivity index (χ3n) is 18.2.